The molecular formula is C23H25N3O3S2. The summed E-state index contributed by atoms with van der Waals surface area (Å²) >= 11 is 3.18. The number of allylic oxidation sites excluding steroid dienone is 1. The smallest absolute Gasteiger partial charge is 0.263 e. The number of rotatable bonds is 8. The second kappa shape index (κ2) is 9.28. The normalized spacial score (nSPS) is 15.6. The molecule has 2 N–H and O–H groups in total. The Kier molecular flexibility index (Phi) is 6.48. The van der Waals surface area contributed by atoms with Crippen LogP contribution in [0.15, 0.2) is 46.9 Å². The van der Waals surface area contributed by atoms with Crippen molar-refractivity contribution in [1.82, 2.24) is 9.55 Å². The predicted molar refractivity (Wildman–Crippen MR) is 126 cm³/mol. The Bertz CT molecular complexity index is 1200. The predicted octanol–water partition coefficient (Wildman–Crippen LogP) is 3.93. The molecule has 1 unspecified atom stereocenters. The maximum absolute atomic E-state index is 13.4. The summed E-state index contributed by atoms with van der Waals surface area (Å²) in [4.78, 5) is 31.4. The number of amides is 1. The van der Waals surface area contributed by atoms with Gasteiger partial charge in [0.1, 0.15) is 10.6 Å². The maximum Gasteiger partial charge on any atom is 0.263 e. The lowest BCUT2D eigenvalue weighted by Crippen LogP contribution is -2.23. The van der Waals surface area contributed by atoms with Crippen molar-refractivity contribution in [3.63, 3.8) is 0 Å². The molecule has 0 radical (unpaired) electrons. The highest BCUT2D eigenvalue weighted by Crippen LogP contribution is 2.36. The van der Waals surface area contributed by atoms with Crippen LogP contribution >= 0.6 is 23.1 Å². The molecule has 8 heteroatoms. The van der Waals surface area contributed by atoms with E-state index >= 15 is 0 Å². The van der Waals surface area contributed by atoms with E-state index in [1.54, 1.807) is 28.0 Å². The number of nitrogens with zero attached hydrogens (tertiary/aromatic N) is 2. The number of thioether (sulfide) groups is 1. The Hall–Kier alpha value is -2.58. The van der Waals surface area contributed by atoms with Gasteiger partial charge in [0.2, 0.25) is 0 Å². The molecule has 1 aromatic carbocycles. The minimum absolute atomic E-state index is 0.0259. The molecular weight excluding hydrogens is 430 g/mol. The zero-order valence-electron chi connectivity index (χ0n) is 17.4. The highest BCUT2D eigenvalue weighted by molar-refractivity contribution is 7.98. The number of aryl methyl sites for hydroxylation is 1. The van der Waals surface area contributed by atoms with E-state index in [9.17, 15) is 9.59 Å². The number of thiophene rings is 1. The number of hydrogen-bond acceptors (Lipinski definition) is 6. The molecule has 1 aliphatic carbocycles. The Morgan fingerprint density at radius 2 is 2.32 bits per heavy atom. The SMILES string of the molecule is C=CCn1c(SCc2cccc(OCC(N)=O)c2)nc2sc3c(c2c1=O)CCC(C)C3. The van der Waals surface area contributed by atoms with Gasteiger partial charge in [-0.2, -0.15) is 0 Å². The first-order valence-electron chi connectivity index (χ1n) is 10.2. The lowest BCUT2D eigenvalue weighted by Gasteiger charge is -2.17. The first-order valence-corrected chi connectivity index (χ1v) is 12.0. The van der Waals surface area contributed by atoms with E-state index in [1.165, 1.54) is 22.2 Å². The molecule has 1 aliphatic rings. The van der Waals surface area contributed by atoms with Crippen molar-refractivity contribution >= 4 is 39.2 Å². The fourth-order valence-corrected chi connectivity index (χ4v) is 6.21. The van der Waals surface area contributed by atoms with Crippen LogP contribution in [0.1, 0.15) is 29.3 Å². The standard InChI is InChI=1S/C23H25N3O3S2/c1-3-9-26-22(28)20-17-8-7-14(2)10-18(17)31-21(20)25-23(26)30-13-15-5-4-6-16(11-15)29-12-19(24)27/h3-6,11,14H,1,7-10,12-13H2,2H3,(H2,24,27). The van der Waals surface area contributed by atoms with Gasteiger partial charge in [0, 0.05) is 17.2 Å². The summed E-state index contributed by atoms with van der Waals surface area (Å²) in [5, 5.41) is 1.48. The van der Waals surface area contributed by atoms with E-state index in [-0.39, 0.29) is 12.2 Å². The molecule has 0 fully saturated rings. The number of aromatic nitrogens is 2. The van der Waals surface area contributed by atoms with Gasteiger partial charge < -0.3 is 10.5 Å². The van der Waals surface area contributed by atoms with Gasteiger partial charge in [-0.25, -0.2) is 4.98 Å². The summed E-state index contributed by atoms with van der Waals surface area (Å²) in [7, 11) is 0. The molecule has 1 atom stereocenters. The molecule has 0 saturated carbocycles. The van der Waals surface area contributed by atoms with Gasteiger partial charge in [0.15, 0.2) is 11.8 Å². The van der Waals surface area contributed by atoms with Crippen molar-refractivity contribution in [1.29, 1.82) is 0 Å². The molecule has 0 bridgehead atoms. The fourth-order valence-electron chi connectivity index (χ4n) is 3.83. The van der Waals surface area contributed by atoms with Crippen LogP contribution in [-0.2, 0) is 29.9 Å². The summed E-state index contributed by atoms with van der Waals surface area (Å²) in [5.41, 5.74) is 7.38. The number of carbonyl (C=O) groups is 1. The molecule has 2 aromatic heterocycles. The van der Waals surface area contributed by atoms with Crippen LogP contribution in [0.4, 0.5) is 0 Å². The highest BCUT2D eigenvalue weighted by Gasteiger charge is 2.24. The first kappa shape index (κ1) is 21.6. The van der Waals surface area contributed by atoms with Crippen molar-refractivity contribution < 1.29 is 9.53 Å². The van der Waals surface area contributed by atoms with Gasteiger partial charge in [0.05, 0.1) is 5.39 Å². The topological polar surface area (TPSA) is 87.2 Å². The Labute approximate surface area is 189 Å². The Morgan fingerprint density at radius 1 is 1.48 bits per heavy atom. The summed E-state index contributed by atoms with van der Waals surface area (Å²) in [6.45, 7) is 6.35. The summed E-state index contributed by atoms with van der Waals surface area (Å²) in [6.07, 6.45) is 4.83. The van der Waals surface area contributed by atoms with Crippen LogP contribution in [0.3, 0.4) is 0 Å². The number of ether oxygens (including phenoxy) is 1. The van der Waals surface area contributed by atoms with Crippen molar-refractivity contribution in [3.05, 3.63) is 63.3 Å². The van der Waals surface area contributed by atoms with E-state index in [2.05, 4.69) is 13.5 Å². The Balaban J connectivity index is 1.64. The van der Waals surface area contributed by atoms with Crippen molar-refractivity contribution in [2.24, 2.45) is 11.7 Å². The highest BCUT2D eigenvalue weighted by atomic mass is 32.2. The molecule has 162 valence electrons. The molecule has 0 spiro atoms. The van der Waals surface area contributed by atoms with Crippen LogP contribution in [0.2, 0.25) is 0 Å². The van der Waals surface area contributed by atoms with Gasteiger partial charge >= 0.3 is 0 Å². The number of hydrogen-bond donors (Lipinski definition) is 1. The molecule has 31 heavy (non-hydrogen) atoms. The minimum Gasteiger partial charge on any atom is -0.484 e. The number of nitrogens with two attached hydrogens (primary N) is 1. The zero-order valence-corrected chi connectivity index (χ0v) is 19.1. The van der Waals surface area contributed by atoms with Gasteiger partial charge in [-0.05, 0) is 48.4 Å². The second-order valence-electron chi connectivity index (χ2n) is 7.82. The summed E-state index contributed by atoms with van der Waals surface area (Å²) < 4.78 is 7.11. The van der Waals surface area contributed by atoms with Crippen LogP contribution in [0, 0.1) is 5.92 Å². The van der Waals surface area contributed by atoms with Crippen LogP contribution in [0.5, 0.6) is 5.75 Å². The molecule has 0 saturated heterocycles. The van der Waals surface area contributed by atoms with Crippen LogP contribution in [0.25, 0.3) is 10.2 Å². The number of fused-ring (bicyclic) bond motifs is 3. The lowest BCUT2D eigenvalue weighted by molar-refractivity contribution is -0.119. The Morgan fingerprint density at radius 3 is 3.10 bits per heavy atom. The lowest BCUT2D eigenvalue weighted by atomic mass is 9.89. The summed E-state index contributed by atoms with van der Waals surface area (Å²) in [5.74, 6) is 1.34. The molecule has 2 heterocycles. The molecule has 6 nitrogen and oxygen atoms in total. The van der Waals surface area contributed by atoms with E-state index in [1.807, 2.05) is 18.2 Å². The van der Waals surface area contributed by atoms with Gasteiger partial charge in [-0.3, -0.25) is 14.2 Å². The van der Waals surface area contributed by atoms with Gasteiger partial charge in [0.25, 0.3) is 11.5 Å². The average Bonchev–Trinajstić information content (AvgIpc) is 3.10. The number of benzene rings is 1. The van der Waals surface area contributed by atoms with Gasteiger partial charge in [-0.15, -0.1) is 17.9 Å². The summed E-state index contributed by atoms with van der Waals surface area (Å²) in [6, 6.07) is 7.50. The average molecular weight is 456 g/mol. The third-order valence-corrected chi connectivity index (χ3v) is 7.54. The van der Waals surface area contributed by atoms with E-state index < -0.39 is 5.91 Å². The third kappa shape index (κ3) is 4.70. The van der Waals surface area contributed by atoms with Crippen molar-refractivity contribution in [3.8, 4) is 5.75 Å². The number of primary amides is 1. The maximum atomic E-state index is 13.4. The molecule has 3 aromatic rings. The van der Waals surface area contributed by atoms with E-state index in [4.69, 9.17) is 15.5 Å². The first-order chi connectivity index (χ1) is 15.0. The monoisotopic (exact) mass is 455 g/mol. The molecule has 4 rings (SSSR count). The van der Waals surface area contributed by atoms with Crippen molar-refractivity contribution in [2.75, 3.05) is 6.61 Å². The fraction of sp³-hybridized carbons (Fsp3) is 0.348. The van der Waals surface area contributed by atoms with Crippen molar-refractivity contribution in [2.45, 2.75) is 43.6 Å². The molecule has 1 amide bonds. The number of carbonyl (C=O) groups excluding carboxylic acids is 1. The third-order valence-electron chi connectivity index (χ3n) is 5.34. The van der Waals surface area contributed by atoms with Gasteiger partial charge in [-0.1, -0.05) is 36.9 Å². The van der Waals surface area contributed by atoms with Crippen LogP contribution < -0.4 is 16.0 Å². The second-order valence-corrected chi connectivity index (χ2v) is 9.85. The quantitative estimate of drug-likeness (QED) is 0.316. The van der Waals surface area contributed by atoms with E-state index in [0.29, 0.717) is 29.1 Å². The largest absolute Gasteiger partial charge is 0.484 e. The van der Waals surface area contributed by atoms with E-state index in [0.717, 1.165) is 35.0 Å². The van der Waals surface area contributed by atoms with Crippen LogP contribution in [-0.4, -0.2) is 22.1 Å². The zero-order chi connectivity index (χ0) is 22.0. The molecule has 0 aliphatic heterocycles. The minimum atomic E-state index is -0.515.